The normalized spacial score (nSPS) is 12.4. The van der Waals surface area contributed by atoms with E-state index in [0.29, 0.717) is 6.07 Å². The van der Waals surface area contributed by atoms with Gasteiger partial charge in [-0.2, -0.15) is 13.2 Å². The number of nitrogens with zero attached hydrogens (tertiary/aromatic N) is 1. The Hall–Kier alpha value is -1.99. The maximum Gasteiger partial charge on any atom is 0.434 e. The number of rotatable bonds is 3. The average Bonchev–Trinajstić information content (AvgIpc) is 2.29. The lowest BCUT2D eigenvalue weighted by atomic mass is 10.1. The molecule has 0 atom stereocenters. The molecule has 18 heavy (non-hydrogen) atoms. The molecular formula is C10H7F5N2O. The Morgan fingerprint density at radius 1 is 1.33 bits per heavy atom. The molecule has 8 heteroatoms. The number of nitrogens with one attached hydrogen (secondary N) is 1. The number of carbonyl (C=O) groups excluding carboxylic acids is 1. The van der Waals surface area contributed by atoms with Crippen LogP contribution in [0.25, 0.3) is 0 Å². The van der Waals surface area contributed by atoms with Crippen molar-refractivity contribution in [3.8, 4) is 0 Å². The minimum Gasteiger partial charge on any atom is -0.387 e. The summed E-state index contributed by atoms with van der Waals surface area (Å²) in [6, 6.07) is 1.58. The van der Waals surface area contributed by atoms with E-state index in [1.165, 1.54) is 7.05 Å². The van der Waals surface area contributed by atoms with Gasteiger partial charge in [-0.25, -0.2) is 13.8 Å². The molecule has 0 aliphatic carbocycles. The molecule has 0 spiro atoms. The predicted octanol–water partition coefficient (Wildman–Crippen LogP) is 2.51. The molecule has 0 saturated heterocycles. The smallest absolute Gasteiger partial charge is 0.387 e. The van der Waals surface area contributed by atoms with Crippen LogP contribution in [0, 0.1) is 11.6 Å². The zero-order chi connectivity index (χ0) is 13.9. The maximum atomic E-state index is 13.4. The summed E-state index contributed by atoms with van der Waals surface area (Å²) in [5, 5.41) is 2.27. The molecule has 1 N–H and O–H groups in total. The van der Waals surface area contributed by atoms with Gasteiger partial charge in [0.15, 0.2) is 17.3 Å². The van der Waals surface area contributed by atoms with Crippen molar-refractivity contribution in [2.45, 2.75) is 6.18 Å². The summed E-state index contributed by atoms with van der Waals surface area (Å²) in [5.74, 6) is -3.19. The number of aliphatic imine (C=N–C) groups is 1. The zero-order valence-electron chi connectivity index (χ0n) is 8.98. The van der Waals surface area contributed by atoms with Gasteiger partial charge in [0.2, 0.25) is 6.41 Å². The average molecular weight is 266 g/mol. The molecule has 1 rings (SSSR count). The molecule has 1 amide bonds. The molecule has 0 saturated carbocycles. The molecule has 0 bridgehead atoms. The van der Waals surface area contributed by atoms with Gasteiger partial charge >= 0.3 is 6.18 Å². The first-order chi connectivity index (χ1) is 8.32. The molecule has 98 valence electrons. The Balaban J connectivity index is 3.60. The van der Waals surface area contributed by atoms with Gasteiger partial charge in [0.05, 0.1) is 5.56 Å². The van der Waals surface area contributed by atoms with E-state index >= 15 is 0 Å². The van der Waals surface area contributed by atoms with Gasteiger partial charge in [0.25, 0.3) is 0 Å². The van der Waals surface area contributed by atoms with Crippen LogP contribution < -0.4 is 5.32 Å². The predicted molar refractivity (Wildman–Crippen MR) is 54.6 cm³/mol. The lowest BCUT2D eigenvalue weighted by molar-refractivity contribution is -0.107. The van der Waals surface area contributed by atoms with Crippen LogP contribution in [0.3, 0.4) is 0 Å². The fraction of sp³-hybridized carbons (Fsp3) is 0.200. The number of amides is 1. The van der Waals surface area contributed by atoms with Crippen LogP contribution in [-0.4, -0.2) is 25.3 Å². The minimum absolute atomic E-state index is 0.327. The van der Waals surface area contributed by atoms with Crippen molar-refractivity contribution in [3.63, 3.8) is 0 Å². The number of anilines is 1. The highest BCUT2D eigenvalue weighted by molar-refractivity contribution is 6.11. The summed E-state index contributed by atoms with van der Waals surface area (Å²) >= 11 is 0. The van der Waals surface area contributed by atoms with Crippen LogP contribution in [0.4, 0.5) is 27.6 Å². The molecule has 0 fully saturated rings. The van der Waals surface area contributed by atoms with Crippen LogP contribution in [0.1, 0.15) is 5.56 Å². The largest absolute Gasteiger partial charge is 0.434 e. The summed E-state index contributed by atoms with van der Waals surface area (Å²) in [6.45, 7) is 0. The second-order valence-corrected chi connectivity index (χ2v) is 3.11. The zero-order valence-corrected chi connectivity index (χ0v) is 8.98. The molecule has 0 heterocycles. The van der Waals surface area contributed by atoms with Gasteiger partial charge in [-0.3, -0.25) is 4.79 Å². The Morgan fingerprint density at radius 2 is 1.94 bits per heavy atom. The molecule has 1 aromatic carbocycles. The first-order valence-corrected chi connectivity index (χ1v) is 4.57. The van der Waals surface area contributed by atoms with E-state index in [2.05, 4.69) is 10.3 Å². The van der Waals surface area contributed by atoms with Gasteiger partial charge in [-0.15, -0.1) is 0 Å². The number of hydrogen-bond donors (Lipinski definition) is 1. The third-order valence-electron chi connectivity index (χ3n) is 2.05. The van der Waals surface area contributed by atoms with E-state index < -0.39 is 29.1 Å². The fourth-order valence-corrected chi connectivity index (χ4v) is 1.32. The Kier molecular flexibility index (Phi) is 4.00. The summed E-state index contributed by atoms with van der Waals surface area (Å²) in [7, 11) is 1.23. The van der Waals surface area contributed by atoms with Crippen molar-refractivity contribution in [1.82, 2.24) is 0 Å². The number of benzene rings is 1. The minimum atomic E-state index is -5.08. The van der Waals surface area contributed by atoms with E-state index in [9.17, 15) is 26.7 Å². The summed E-state index contributed by atoms with van der Waals surface area (Å²) in [6.07, 6.45) is -5.46. The summed E-state index contributed by atoms with van der Waals surface area (Å²) in [4.78, 5) is 12.6. The van der Waals surface area contributed by atoms with Crippen molar-refractivity contribution in [1.29, 1.82) is 0 Å². The van der Waals surface area contributed by atoms with Crippen LogP contribution >= 0.6 is 0 Å². The van der Waals surface area contributed by atoms with Crippen LogP contribution in [0.15, 0.2) is 17.1 Å². The summed E-state index contributed by atoms with van der Waals surface area (Å²) in [5.41, 5.74) is -3.25. The fourth-order valence-electron chi connectivity index (χ4n) is 1.32. The highest BCUT2D eigenvalue weighted by atomic mass is 19.4. The van der Waals surface area contributed by atoms with Gasteiger partial charge in [0.1, 0.15) is 0 Å². The maximum absolute atomic E-state index is 13.4. The van der Waals surface area contributed by atoms with Gasteiger partial charge in [-0.1, -0.05) is 0 Å². The van der Waals surface area contributed by atoms with Crippen molar-refractivity contribution >= 4 is 17.8 Å². The number of halogens is 5. The third kappa shape index (κ3) is 2.63. The first kappa shape index (κ1) is 14.1. The van der Waals surface area contributed by atoms with Crippen molar-refractivity contribution in [2.75, 3.05) is 12.4 Å². The van der Waals surface area contributed by atoms with Gasteiger partial charge in [-0.05, 0) is 12.1 Å². The van der Waals surface area contributed by atoms with Crippen molar-refractivity contribution in [3.05, 3.63) is 29.3 Å². The second kappa shape index (κ2) is 5.11. The lowest BCUT2D eigenvalue weighted by Gasteiger charge is -2.14. The molecule has 0 unspecified atom stereocenters. The molecule has 0 radical (unpaired) electrons. The van der Waals surface area contributed by atoms with Crippen LogP contribution in [-0.2, 0) is 4.79 Å². The van der Waals surface area contributed by atoms with Gasteiger partial charge in [0, 0.05) is 12.7 Å². The SMILES string of the molecule is CNc1ccc(F)c(F)c1C(=NC=O)C(F)(F)F. The summed E-state index contributed by atoms with van der Waals surface area (Å²) < 4.78 is 64.3. The highest BCUT2D eigenvalue weighted by Crippen LogP contribution is 2.30. The van der Waals surface area contributed by atoms with Crippen molar-refractivity contribution in [2.24, 2.45) is 4.99 Å². The quantitative estimate of drug-likeness (QED) is 0.519. The second-order valence-electron chi connectivity index (χ2n) is 3.11. The molecule has 3 nitrogen and oxygen atoms in total. The monoisotopic (exact) mass is 266 g/mol. The Labute approximate surface area is 98.3 Å². The number of hydrogen-bond acceptors (Lipinski definition) is 2. The van der Waals surface area contributed by atoms with Crippen molar-refractivity contribution < 1.29 is 26.7 Å². The Morgan fingerprint density at radius 3 is 2.39 bits per heavy atom. The highest BCUT2D eigenvalue weighted by Gasteiger charge is 2.40. The molecular weight excluding hydrogens is 259 g/mol. The molecule has 1 aromatic rings. The lowest BCUT2D eigenvalue weighted by Crippen LogP contribution is -2.27. The first-order valence-electron chi connectivity index (χ1n) is 4.57. The van der Waals surface area contributed by atoms with E-state index in [-0.39, 0.29) is 12.1 Å². The molecule has 0 aliphatic heterocycles. The Bertz CT molecular complexity index is 496. The van der Waals surface area contributed by atoms with E-state index in [0.717, 1.165) is 6.07 Å². The molecule has 0 aliphatic rings. The van der Waals surface area contributed by atoms with Crippen LogP contribution in [0.5, 0.6) is 0 Å². The van der Waals surface area contributed by atoms with Gasteiger partial charge < -0.3 is 5.32 Å². The number of carbonyl (C=O) groups is 1. The standard InChI is InChI=1S/C10H7F5N2O/c1-16-6-3-2-5(11)8(12)7(6)9(17-4-18)10(13,14)15/h2-4,16H,1H3. The third-order valence-corrected chi connectivity index (χ3v) is 2.05. The van der Waals surface area contributed by atoms with E-state index in [4.69, 9.17) is 0 Å². The van der Waals surface area contributed by atoms with E-state index in [1.54, 1.807) is 0 Å². The number of alkyl halides is 3. The van der Waals surface area contributed by atoms with Crippen LogP contribution in [0.2, 0.25) is 0 Å². The van der Waals surface area contributed by atoms with E-state index in [1.807, 2.05) is 0 Å². The molecule has 0 aromatic heterocycles. The topological polar surface area (TPSA) is 41.5 Å².